The van der Waals surface area contributed by atoms with Crippen molar-refractivity contribution in [3.05, 3.63) is 65.2 Å². The molecule has 0 amide bonds. The summed E-state index contributed by atoms with van der Waals surface area (Å²) < 4.78 is 5.25. The molecule has 22 heavy (non-hydrogen) atoms. The molecule has 2 N–H and O–H groups in total. The Labute approximate surface area is 128 Å². The second-order valence-corrected chi connectivity index (χ2v) is 5.49. The maximum Gasteiger partial charge on any atom is 0.338 e. The molecule has 0 radical (unpaired) electrons. The van der Waals surface area contributed by atoms with Gasteiger partial charge in [0.15, 0.2) is 5.78 Å². The number of para-hydroxylation sites is 1. The van der Waals surface area contributed by atoms with Crippen molar-refractivity contribution in [1.29, 1.82) is 0 Å². The molecule has 112 valence electrons. The molecule has 1 saturated carbocycles. The first-order valence-electron chi connectivity index (χ1n) is 7.30. The van der Waals surface area contributed by atoms with Crippen LogP contribution in [-0.2, 0) is 11.3 Å². The van der Waals surface area contributed by atoms with Crippen LogP contribution in [0.2, 0.25) is 0 Å². The Hall–Kier alpha value is -2.62. The molecule has 1 aliphatic carbocycles. The van der Waals surface area contributed by atoms with Gasteiger partial charge in [0.05, 0.1) is 5.56 Å². The highest BCUT2D eigenvalue weighted by molar-refractivity contribution is 6.00. The first-order valence-corrected chi connectivity index (χ1v) is 7.30. The number of ketones is 1. The Kier molecular flexibility index (Phi) is 3.92. The van der Waals surface area contributed by atoms with Gasteiger partial charge in [0.1, 0.15) is 6.61 Å². The molecule has 2 aromatic rings. The third-order valence-corrected chi connectivity index (χ3v) is 3.77. The van der Waals surface area contributed by atoms with Gasteiger partial charge in [-0.05, 0) is 31.0 Å². The number of carbonyl (C=O) groups excluding carboxylic acids is 2. The van der Waals surface area contributed by atoms with Crippen molar-refractivity contribution in [3.8, 4) is 0 Å². The molecule has 4 nitrogen and oxygen atoms in total. The van der Waals surface area contributed by atoms with Gasteiger partial charge in [0.25, 0.3) is 0 Å². The van der Waals surface area contributed by atoms with E-state index in [9.17, 15) is 9.59 Å². The lowest BCUT2D eigenvalue weighted by Gasteiger charge is -2.07. The van der Waals surface area contributed by atoms with Gasteiger partial charge < -0.3 is 10.5 Å². The first-order chi connectivity index (χ1) is 10.6. The van der Waals surface area contributed by atoms with E-state index >= 15 is 0 Å². The molecule has 2 aromatic carbocycles. The summed E-state index contributed by atoms with van der Waals surface area (Å²) in [5.74, 6) is -0.0792. The van der Waals surface area contributed by atoms with Crippen LogP contribution in [0.3, 0.4) is 0 Å². The van der Waals surface area contributed by atoms with E-state index in [4.69, 9.17) is 10.5 Å². The molecule has 0 aromatic heterocycles. The van der Waals surface area contributed by atoms with Crippen LogP contribution in [0, 0.1) is 5.92 Å². The molecule has 1 aliphatic rings. The van der Waals surface area contributed by atoms with Crippen LogP contribution >= 0.6 is 0 Å². The summed E-state index contributed by atoms with van der Waals surface area (Å²) in [6, 6.07) is 13.9. The molecule has 0 bridgehead atoms. The van der Waals surface area contributed by atoms with Crippen molar-refractivity contribution in [2.75, 3.05) is 5.73 Å². The second-order valence-electron chi connectivity index (χ2n) is 5.49. The van der Waals surface area contributed by atoms with Crippen molar-refractivity contribution < 1.29 is 14.3 Å². The third kappa shape index (κ3) is 3.17. The van der Waals surface area contributed by atoms with Crippen molar-refractivity contribution in [2.24, 2.45) is 5.92 Å². The van der Waals surface area contributed by atoms with Gasteiger partial charge in [-0.15, -0.1) is 0 Å². The zero-order chi connectivity index (χ0) is 15.5. The van der Waals surface area contributed by atoms with E-state index in [1.807, 2.05) is 18.2 Å². The largest absolute Gasteiger partial charge is 0.457 e. The van der Waals surface area contributed by atoms with Gasteiger partial charge in [-0.3, -0.25) is 4.79 Å². The second kappa shape index (κ2) is 6.02. The minimum atomic E-state index is -0.423. The molecule has 0 aliphatic heterocycles. The van der Waals surface area contributed by atoms with Crippen LogP contribution in [0.15, 0.2) is 48.5 Å². The fourth-order valence-corrected chi connectivity index (χ4v) is 2.24. The predicted molar refractivity (Wildman–Crippen MR) is 83.5 cm³/mol. The SMILES string of the molecule is Nc1ccccc1COC(=O)c1ccc(C(=O)C2CC2)cc1. The number of hydrogen-bond acceptors (Lipinski definition) is 4. The van der Waals surface area contributed by atoms with Crippen LogP contribution in [0.5, 0.6) is 0 Å². The summed E-state index contributed by atoms with van der Waals surface area (Å²) in [5.41, 5.74) is 8.27. The quantitative estimate of drug-likeness (QED) is 0.522. The zero-order valence-corrected chi connectivity index (χ0v) is 12.1. The lowest BCUT2D eigenvalue weighted by Crippen LogP contribution is -2.07. The van der Waals surface area contributed by atoms with Crippen molar-refractivity contribution in [3.63, 3.8) is 0 Å². The Morgan fingerprint density at radius 1 is 1.00 bits per heavy atom. The Bertz CT molecular complexity index is 703. The molecular weight excluding hydrogens is 278 g/mol. The monoisotopic (exact) mass is 295 g/mol. The number of esters is 1. The standard InChI is InChI=1S/C18H17NO3/c19-16-4-2-1-3-15(16)11-22-18(21)14-9-7-13(8-10-14)17(20)12-5-6-12/h1-4,7-10,12H,5-6,11,19H2. The molecule has 1 fully saturated rings. The maximum atomic E-state index is 12.0. The molecule has 0 saturated heterocycles. The lowest BCUT2D eigenvalue weighted by atomic mass is 10.1. The average Bonchev–Trinajstić information content (AvgIpc) is 3.38. The number of nitrogens with two attached hydrogens (primary N) is 1. The molecule has 0 spiro atoms. The Morgan fingerprint density at radius 3 is 2.27 bits per heavy atom. The highest BCUT2D eigenvalue weighted by atomic mass is 16.5. The van der Waals surface area contributed by atoms with E-state index < -0.39 is 5.97 Å². The minimum absolute atomic E-state index is 0.133. The smallest absolute Gasteiger partial charge is 0.338 e. The number of anilines is 1. The fraction of sp³-hybridized carbons (Fsp3) is 0.222. The van der Waals surface area contributed by atoms with E-state index in [2.05, 4.69) is 0 Å². The summed E-state index contributed by atoms with van der Waals surface area (Å²) >= 11 is 0. The number of benzene rings is 2. The summed E-state index contributed by atoms with van der Waals surface area (Å²) in [5, 5.41) is 0. The number of Topliss-reactive ketones (excluding diaryl/α,β-unsaturated/α-hetero) is 1. The van der Waals surface area contributed by atoms with E-state index in [1.165, 1.54) is 0 Å². The highest BCUT2D eigenvalue weighted by Crippen LogP contribution is 2.32. The molecule has 4 heteroatoms. The molecule has 0 atom stereocenters. The number of ether oxygens (including phenoxy) is 1. The summed E-state index contributed by atoms with van der Waals surface area (Å²) in [7, 11) is 0. The van der Waals surface area contributed by atoms with Crippen molar-refractivity contribution >= 4 is 17.4 Å². The highest BCUT2D eigenvalue weighted by Gasteiger charge is 2.30. The van der Waals surface area contributed by atoms with E-state index in [-0.39, 0.29) is 18.3 Å². The van der Waals surface area contributed by atoms with Crippen LogP contribution in [0.25, 0.3) is 0 Å². The number of carbonyl (C=O) groups is 2. The van der Waals surface area contributed by atoms with E-state index in [1.54, 1.807) is 30.3 Å². The zero-order valence-electron chi connectivity index (χ0n) is 12.1. The van der Waals surface area contributed by atoms with Crippen molar-refractivity contribution in [1.82, 2.24) is 0 Å². The minimum Gasteiger partial charge on any atom is -0.457 e. The fourth-order valence-electron chi connectivity index (χ4n) is 2.24. The number of hydrogen-bond donors (Lipinski definition) is 1. The van der Waals surface area contributed by atoms with E-state index in [0.29, 0.717) is 16.8 Å². The van der Waals surface area contributed by atoms with Crippen LogP contribution in [0.4, 0.5) is 5.69 Å². The van der Waals surface area contributed by atoms with Gasteiger partial charge in [0, 0.05) is 22.7 Å². The molecule has 0 unspecified atom stereocenters. The number of rotatable bonds is 5. The van der Waals surface area contributed by atoms with Crippen LogP contribution in [0.1, 0.15) is 39.1 Å². The lowest BCUT2D eigenvalue weighted by molar-refractivity contribution is 0.0473. The summed E-state index contributed by atoms with van der Waals surface area (Å²) in [6.45, 7) is 0.133. The van der Waals surface area contributed by atoms with Gasteiger partial charge >= 0.3 is 5.97 Å². The van der Waals surface area contributed by atoms with Crippen LogP contribution < -0.4 is 5.73 Å². The Balaban J connectivity index is 1.62. The summed E-state index contributed by atoms with van der Waals surface area (Å²) in [6.07, 6.45) is 1.95. The normalized spacial score (nSPS) is 13.6. The van der Waals surface area contributed by atoms with Gasteiger partial charge in [-0.25, -0.2) is 4.79 Å². The Morgan fingerprint density at radius 2 is 1.64 bits per heavy atom. The van der Waals surface area contributed by atoms with Gasteiger partial charge in [-0.1, -0.05) is 30.3 Å². The third-order valence-electron chi connectivity index (χ3n) is 3.77. The van der Waals surface area contributed by atoms with E-state index in [0.717, 1.165) is 18.4 Å². The first kappa shape index (κ1) is 14.3. The number of nitrogen functional groups attached to an aromatic ring is 1. The summed E-state index contributed by atoms with van der Waals surface area (Å²) in [4.78, 5) is 23.9. The maximum absolute atomic E-state index is 12.0. The average molecular weight is 295 g/mol. The van der Waals surface area contributed by atoms with Gasteiger partial charge in [-0.2, -0.15) is 0 Å². The molecular formula is C18H17NO3. The molecule has 0 heterocycles. The predicted octanol–water partition coefficient (Wildman–Crippen LogP) is 3.22. The van der Waals surface area contributed by atoms with Crippen molar-refractivity contribution in [2.45, 2.75) is 19.4 Å². The van der Waals surface area contributed by atoms with Gasteiger partial charge in [0.2, 0.25) is 0 Å². The molecule has 3 rings (SSSR count). The topological polar surface area (TPSA) is 69.4 Å². The van der Waals surface area contributed by atoms with Crippen LogP contribution in [-0.4, -0.2) is 11.8 Å².